The Bertz CT molecular complexity index is 2330. The molecule has 0 aliphatic rings. The Morgan fingerprint density at radius 2 is 1.81 bits per heavy atom. The van der Waals surface area contributed by atoms with Crippen molar-refractivity contribution in [1.82, 2.24) is 25.3 Å². The molecule has 0 fully saturated rings. The van der Waals surface area contributed by atoms with E-state index in [-0.39, 0.29) is 22.5 Å². The molecule has 274 valence electrons. The van der Waals surface area contributed by atoms with E-state index < -0.39 is 14.4 Å². The second-order valence-electron chi connectivity index (χ2n) is 14.7. The van der Waals surface area contributed by atoms with Gasteiger partial charge in [-0.3, -0.25) is 10.1 Å². The number of fused-ring (bicyclic) bond motifs is 2. The maximum atomic E-state index is 12.1. The van der Waals surface area contributed by atoms with Gasteiger partial charge in [0.25, 0.3) is 0 Å². The molecular formula is C41H46N6O5Si. The molecule has 0 unspecified atom stereocenters. The van der Waals surface area contributed by atoms with Crippen LogP contribution >= 0.6 is 0 Å². The highest BCUT2D eigenvalue weighted by Crippen LogP contribution is 2.41. The molecule has 4 aromatic carbocycles. The molecule has 0 bridgehead atoms. The van der Waals surface area contributed by atoms with Crippen LogP contribution in [0.25, 0.3) is 39.1 Å². The number of nitrogens with zero attached hydrogens (tertiary/aromatic N) is 3. The SMILES string of the molecule is CC(C)(C)[Si](C)(C)O[C@@H](CNCc1ccc2c(c1)nnn2CC/C=C/c1ccc(-c2ccccc2)c(NC(=O)O)c1)c1ccc(O)c2[nH]c(=O)ccc12. The average Bonchev–Trinajstić information content (AvgIpc) is 3.52. The number of allylic oxidation sites excluding steroid dienone is 1. The van der Waals surface area contributed by atoms with E-state index >= 15 is 0 Å². The fraction of sp³-hybridized carbons (Fsp3) is 0.268. The molecule has 12 heteroatoms. The molecular weight excluding hydrogens is 685 g/mol. The summed E-state index contributed by atoms with van der Waals surface area (Å²) in [5.41, 5.74) is 7.00. The first-order chi connectivity index (χ1) is 25.3. The summed E-state index contributed by atoms with van der Waals surface area (Å²) in [5, 5.41) is 35.6. The fourth-order valence-corrected chi connectivity index (χ4v) is 7.37. The first-order valence-corrected chi connectivity index (χ1v) is 20.6. The third kappa shape index (κ3) is 8.74. The summed E-state index contributed by atoms with van der Waals surface area (Å²) in [4.78, 5) is 26.3. The molecule has 5 N–H and O–H groups in total. The lowest BCUT2D eigenvalue weighted by atomic mass is 10.0. The van der Waals surface area contributed by atoms with E-state index in [4.69, 9.17) is 4.43 Å². The summed E-state index contributed by atoms with van der Waals surface area (Å²) in [6, 6.07) is 28.3. The molecule has 0 spiro atoms. The van der Waals surface area contributed by atoms with Crippen LogP contribution in [-0.2, 0) is 17.5 Å². The number of aromatic amines is 1. The van der Waals surface area contributed by atoms with Gasteiger partial charge < -0.3 is 24.9 Å². The van der Waals surface area contributed by atoms with Crippen LogP contribution in [0.3, 0.4) is 0 Å². The van der Waals surface area contributed by atoms with Gasteiger partial charge in [0, 0.05) is 36.7 Å². The third-order valence-electron chi connectivity index (χ3n) is 9.92. The lowest BCUT2D eigenvalue weighted by Crippen LogP contribution is -2.43. The number of benzene rings is 4. The minimum absolute atomic E-state index is 0.0178. The summed E-state index contributed by atoms with van der Waals surface area (Å²) in [5.74, 6) is 0.0239. The van der Waals surface area contributed by atoms with Gasteiger partial charge in [-0.1, -0.05) is 92.7 Å². The number of phenolic OH excluding ortho intramolecular Hbond substituents is 1. The molecule has 0 radical (unpaired) electrons. The number of carboxylic acid groups (broad SMARTS) is 1. The molecule has 0 aliphatic carbocycles. The highest BCUT2D eigenvalue weighted by Gasteiger charge is 2.39. The van der Waals surface area contributed by atoms with Gasteiger partial charge >= 0.3 is 6.09 Å². The number of hydrogen-bond donors (Lipinski definition) is 5. The number of carbonyl (C=O) groups is 1. The van der Waals surface area contributed by atoms with Crippen LogP contribution in [0.1, 0.15) is 50.0 Å². The molecule has 1 atom stereocenters. The van der Waals surface area contributed by atoms with E-state index in [1.54, 1.807) is 12.1 Å². The number of aromatic nitrogens is 4. The lowest BCUT2D eigenvalue weighted by molar-refractivity contribution is 0.181. The zero-order valence-electron chi connectivity index (χ0n) is 30.7. The molecule has 2 aromatic heterocycles. The maximum Gasteiger partial charge on any atom is 0.409 e. The van der Waals surface area contributed by atoms with E-state index in [1.165, 1.54) is 6.07 Å². The van der Waals surface area contributed by atoms with Crippen LogP contribution < -0.4 is 16.2 Å². The Labute approximate surface area is 309 Å². The Morgan fingerprint density at radius 1 is 1.02 bits per heavy atom. The first kappa shape index (κ1) is 37.2. The minimum Gasteiger partial charge on any atom is -0.506 e. The van der Waals surface area contributed by atoms with Gasteiger partial charge in [0.2, 0.25) is 5.56 Å². The fourth-order valence-electron chi connectivity index (χ4n) is 6.10. The number of anilines is 1. The van der Waals surface area contributed by atoms with Gasteiger partial charge in [0.1, 0.15) is 11.3 Å². The van der Waals surface area contributed by atoms with Crippen molar-refractivity contribution < 1.29 is 19.4 Å². The number of amides is 1. The van der Waals surface area contributed by atoms with Gasteiger partial charge in [-0.25, -0.2) is 9.48 Å². The Hall–Kier alpha value is -5.56. The summed E-state index contributed by atoms with van der Waals surface area (Å²) in [6.45, 7) is 12.8. The quantitative estimate of drug-likeness (QED) is 0.0740. The summed E-state index contributed by atoms with van der Waals surface area (Å²) in [7, 11) is -2.21. The predicted octanol–water partition coefficient (Wildman–Crippen LogP) is 8.69. The number of pyridine rings is 1. The molecule has 53 heavy (non-hydrogen) atoms. The van der Waals surface area contributed by atoms with Crippen molar-refractivity contribution in [2.75, 3.05) is 11.9 Å². The average molecular weight is 731 g/mol. The zero-order valence-corrected chi connectivity index (χ0v) is 31.7. The number of rotatable bonds is 13. The summed E-state index contributed by atoms with van der Waals surface area (Å²) in [6.07, 6.45) is 3.31. The highest BCUT2D eigenvalue weighted by molar-refractivity contribution is 6.74. The van der Waals surface area contributed by atoms with Crippen LogP contribution in [0.2, 0.25) is 18.1 Å². The van der Waals surface area contributed by atoms with E-state index in [2.05, 4.69) is 65.9 Å². The van der Waals surface area contributed by atoms with Crippen molar-refractivity contribution in [3.8, 4) is 16.9 Å². The molecule has 1 amide bonds. The molecule has 6 rings (SSSR count). The van der Waals surface area contributed by atoms with E-state index in [9.17, 15) is 19.8 Å². The molecule has 0 aliphatic heterocycles. The number of aryl methyl sites for hydroxylation is 1. The van der Waals surface area contributed by atoms with Gasteiger partial charge in [-0.05, 0) is 77.1 Å². The van der Waals surface area contributed by atoms with Crippen molar-refractivity contribution in [2.24, 2.45) is 0 Å². The Balaban J connectivity index is 1.12. The summed E-state index contributed by atoms with van der Waals surface area (Å²) < 4.78 is 8.83. The lowest BCUT2D eigenvalue weighted by Gasteiger charge is -2.39. The van der Waals surface area contributed by atoms with Crippen molar-refractivity contribution >= 4 is 48.1 Å². The van der Waals surface area contributed by atoms with Crippen molar-refractivity contribution in [3.05, 3.63) is 124 Å². The van der Waals surface area contributed by atoms with Gasteiger partial charge in [0.15, 0.2) is 8.32 Å². The largest absolute Gasteiger partial charge is 0.506 e. The van der Waals surface area contributed by atoms with Gasteiger partial charge in [0.05, 0.1) is 22.8 Å². The molecule has 6 aromatic rings. The van der Waals surface area contributed by atoms with E-state index in [1.807, 2.05) is 83.6 Å². The monoisotopic (exact) mass is 730 g/mol. The first-order valence-electron chi connectivity index (χ1n) is 17.7. The van der Waals surface area contributed by atoms with E-state index in [0.29, 0.717) is 37.3 Å². The van der Waals surface area contributed by atoms with Crippen LogP contribution in [0.5, 0.6) is 5.75 Å². The molecule has 0 saturated carbocycles. The predicted molar refractivity (Wildman–Crippen MR) is 214 cm³/mol. The minimum atomic E-state index is -2.21. The highest BCUT2D eigenvalue weighted by atomic mass is 28.4. The van der Waals surface area contributed by atoms with E-state index in [0.717, 1.165) is 44.2 Å². The van der Waals surface area contributed by atoms with Crippen molar-refractivity contribution in [2.45, 2.75) is 64.5 Å². The normalized spacial score (nSPS) is 12.8. The molecule has 2 heterocycles. The Kier molecular flexibility index (Phi) is 10.9. The molecule has 11 nitrogen and oxygen atoms in total. The molecule has 0 saturated heterocycles. The van der Waals surface area contributed by atoms with Crippen molar-refractivity contribution in [3.63, 3.8) is 0 Å². The number of hydrogen-bond acceptors (Lipinski definition) is 7. The van der Waals surface area contributed by atoms with Gasteiger partial charge in [-0.2, -0.15) is 0 Å². The maximum absolute atomic E-state index is 12.1. The topological polar surface area (TPSA) is 154 Å². The standard InChI is InChI=1S/C41H46N6O5Si/c1-41(2,3)53(4,5)52-37(31-17-20-36(48)39-32(31)18-21-38(49)44-39)26-42-25-28-15-19-35-34(24-28)45-46-47(35)22-10-9-11-27-14-16-30(29-12-7-6-8-13-29)33(23-27)43-40(50)51/h6-9,11-21,23-24,37,42-43,48H,10,22,25-26H2,1-5H3,(H,44,49)(H,50,51)/b11-9+/t37-/m0/s1. The van der Waals surface area contributed by atoms with Crippen LogP contribution in [-0.4, -0.2) is 51.1 Å². The van der Waals surface area contributed by atoms with Crippen molar-refractivity contribution in [1.29, 1.82) is 0 Å². The second-order valence-corrected chi connectivity index (χ2v) is 19.5. The van der Waals surface area contributed by atoms with Crippen LogP contribution in [0.15, 0.2) is 102 Å². The number of nitrogens with one attached hydrogen (secondary N) is 3. The number of phenols is 1. The second kappa shape index (κ2) is 15.6. The summed E-state index contributed by atoms with van der Waals surface area (Å²) >= 11 is 0. The number of aromatic hydroxyl groups is 1. The number of H-pyrrole nitrogens is 1. The Morgan fingerprint density at radius 3 is 2.57 bits per heavy atom. The van der Waals surface area contributed by atoms with Gasteiger partial charge in [-0.15, -0.1) is 5.10 Å². The third-order valence-corrected chi connectivity index (χ3v) is 14.4. The van der Waals surface area contributed by atoms with Crippen LogP contribution in [0, 0.1) is 0 Å². The zero-order chi connectivity index (χ0) is 37.8. The van der Waals surface area contributed by atoms with Crippen LogP contribution in [0.4, 0.5) is 10.5 Å². The smallest absolute Gasteiger partial charge is 0.409 e.